The molecule has 70 valence electrons. The Labute approximate surface area is 90.3 Å². The summed E-state index contributed by atoms with van der Waals surface area (Å²) >= 11 is 7.40. The van der Waals surface area contributed by atoms with Crippen LogP contribution in [0.15, 0.2) is 23.4 Å². The second-order valence-corrected chi connectivity index (χ2v) is 3.83. The molecule has 0 unspecified atom stereocenters. The molecule has 2 heterocycles. The van der Waals surface area contributed by atoms with Crippen molar-refractivity contribution in [2.24, 2.45) is 0 Å². The standard InChI is InChI=1S/C9H6ClN3S/c1-14-9-7(5-11)13-4-2-3-6(10)8(13)12-9/h2-4H,1H3. The molecule has 0 saturated carbocycles. The van der Waals surface area contributed by atoms with E-state index < -0.39 is 0 Å². The highest BCUT2D eigenvalue weighted by atomic mass is 35.5. The Morgan fingerprint density at radius 2 is 2.43 bits per heavy atom. The number of aromatic nitrogens is 2. The zero-order chi connectivity index (χ0) is 10.1. The number of fused-ring (bicyclic) bond motifs is 1. The van der Waals surface area contributed by atoms with E-state index in [1.165, 1.54) is 11.8 Å². The number of halogens is 1. The van der Waals surface area contributed by atoms with E-state index >= 15 is 0 Å². The molecule has 0 aliphatic rings. The normalized spacial score (nSPS) is 10.4. The van der Waals surface area contributed by atoms with E-state index in [0.717, 1.165) is 0 Å². The number of nitriles is 1. The minimum atomic E-state index is 0.537. The van der Waals surface area contributed by atoms with E-state index in [1.54, 1.807) is 22.7 Å². The summed E-state index contributed by atoms with van der Waals surface area (Å²) in [5.41, 5.74) is 1.17. The van der Waals surface area contributed by atoms with Crippen molar-refractivity contribution in [3.8, 4) is 6.07 Å². The fraction of sp³-hybridized carbons (Fsp3) is 0.111. The third-order valence-corrected chi connectivity index (χ3v) is 2.84. The second kappa shape index (κ2) is 3.52. The molecule has 0 bridgehead atoms. The highest BCUT2D eigenvalue weighted by Gasteiger charge is 2.12. The van der Waals surface area contributed by atoms with E-state index in [4.69, 9.17) is 16.9 Å². The Balaban J connectivity index is 2.88. The molecule has 0 saturated heterocycles. The van der Waals surface area contributed by atoms with Gasteiger partial charge in [-0.3, -0.25) is 4.40 Å². The molecule has 0 amide bonds. The van der Waals surface area contributed by atoms with E-state index in [2.05, 4.69) is 11.1 Å². The Hall–Kier alpha value is -1.18. The zero-order valence-corrected chi connectivity index (χ0v) is 8.93. The predicted octanol–water partition coefficient (Wildman–Crippen LogP) is 2.58. The summed E-state index contributed by atoms with van der Waals surface area (Å²) in [6.07, 6.45) is 3.67. The molecule has 0 spiro atoms. The molecule has 0 aromatic carbocycles. The Morgan fingerprint density at radius 1 is 1.64 bits per heavy atom. The number of rotatable bonds is 1. The lowest BCUT2D eigenvalue weighted by atomic mass is 10.4. The molecule has 0 N–H and O–H groups in total. The van der Waals surface area contributed by atoms with Crippen LogP contribution in [0.3, 0.4) is 0 Å². The summed E-state index contributed by atoms with van der Waals surface area (Å²) in [4.78, 5) is 4.27. The molecule has 5 heteroatoms. The third-order valence-electron chi connectivity index (χ3n) is 1.87. The number of nitrogens with zero attached hydrogens (tertiary/aromatic N) is 3. The SMILES string of the molecule is CSc1nc2c(Cl)cccn2c1C#N. The van der Waals surface area contributed by atoms with Crippen LogP contribution < -0.4 is 0 Å². The summed E-state index contributed by atoms with van der Waals surface area (Å²) in [5, 5.41) is 10.2. The minimum Gasteiger partial charge on any atom is -0.289 e. The van der Waals surface area contributed by atoms with Crippen molar-refractivity contribution in [1.29, 1.82) is 5.26 Å². The van der Waals surface area contributed by atoms with Gasteiger partial charge in [0, 0.05) is 6.20 Å². The van der Waals surface area contributed by atoms with Gasteiger partial charge in [0.2, 0.25) is 0 Å². The van der Waals surface area contributed by atoms with E-state index in [9.17, 15) is 0 Å². The Kier molecular flexibility index (Phi) is 2.36. The number of thioether (sulfide) groups is 1. The highest BCUT2D eigenvalue weighted by Crippen LogP contribution is 2.24. The molecule has 0 aliphatic heterocycles. The van der Waals surface area contributed by atoms with E-state index in [1.807, 2.05) is 6.26 Å². The maximum Gasteiger partial charge on any atom is 0.158 e. The van der Waals surface area contributed by atoms with Crippen molar-refractivity contribution in [2.45, 2.75) is 5.03 Å². The van der Waals surface area contributed by atoms with Crippen LogP contribution in [-0.4, -0.2) is 15.6 Å². The zero-order valence-electron chi connectivity index (χ0n) is 7.36. The average molecular weight is 224 g/mol. The Bertz CT molecular complexity index is 527. The maximum absolute atomic E-state index is 8.96. The van der Waals surface area contributed by atoms with Crippen LogP contribution in [0.25, 0.3) is 5.65 Å². The van der Waals surface area contributed by atoms with Gasteiger partial charge in [-0.2, -0.15) is 5.26 Å². The maximum atomic E-state index is 8.96. The molecule has 2 aromatic rings. The first-order chi connectivity index (χ1) is 6.77. The van der Waals surface area contributed by atoms with Gasteiger partial charge in [0.25, 0.3) is 0 Å². The summed E-state index contributed by atoms with van der Waals surface area (Å²) in [6, 6.07) is 5.67. The van der Waals surface area contributed by atoms with Crippen LogP contribution in [0.4, 0.5) is 0 Å². The highest BCUT2D eigenvalue weighted by molar-refractivity contribution is 7.98. The first kappa shape index (κ1) is 9.38. The van der Waals surface area contributed by atoms with Gasteiger partial charge in [-0.15, -0.1) is 11.8 Å². The Morgan fingerprint density at radius 3 is 3.07 bits per heavy atom. The van der Waals surface area contributed by atoms with Gasteiger partial charge in [-0.1, -0.05) is 11.6 Å². The molecule has 0 aliphatic carbocycles. The molecule has 2 aromatic heterocycles. The minimum absolute atomic E-state index is 0.537. The van der Waals surface area contributed by atoms with Gasteiger partial charge in [0.05, 0.1) is 5.02 Å². The van der Waals surface area contributed by atoms with Gasteiger partial charge in [-0.25, -0.2) is 4.98 Å². The van der Waals surface area contributed by atoms with Gasteiger partial charge < -0.3 is 0 Å². The van der Waals surface area contributed by atoms with Crippen molar-refractivity contribution in [1.82, 2.24) is 9.38 Å². The van der Waals surface area contributed by atoms with Gasteiger partial charge in [-0.05, 0) is 18.4 Å². The number of hydrogen-bond donors (Lipinski definition) is 0. The van der Waals surface area contributed by atoms with Crippen LogP contribution in [0.2, 0.25) is 5.02 Å². The van der Waals surface area contributed by atoms with E-state index in [-0.39, 0.29) is 0 Å². The molecule has 0 radical (unpaired) electrons. The van der Waals surface area contributed by atoms with Crippen molar-refractivity contribution in [2.75, 3.05) is 6.26 Å². The monoisotopic (exact) mass is 223 g/mol. The summed E-state index contributed by atoms with van der Waals surface area (Å²) < 4.78 is 1.70. The smallest absolute Gasteiger partial charge is 0.158 e. The van der Waals surface area contributed by atoms with Crippen LogP contribution in [-0.2, 0) is 0 Å². The first-order valence-electron chi connectivity index (χ1n) is 3.88. The van der Waals surface area contributed by atoms with Crippen LogP contribution in [0, 0.1) is 11.3 Å². The lowest BCUT2D eigenvalue weighted by Gasteiger charge is -1.94. The van der Waals surface area contributed by atoms with Crippen molar-refractivity contribution < 1.29 is 0 Å². The summed E-state index contributed by atoms with van der Waals surface area (Å²) in [6.45, 7) is 0. The van der Waals surface area contributed by atoms with Gasteiger partial charge in [0.15, 0.2) is 11.3 Å². The lowest BCUT2D eigenvalue weighted by molar-refractivity contribution is 1.13. The lowest BCUT2D eigenvalue weighted by Crippen LogP contribution is -1.87. The van der Waals surface area contributed by atoms with Crippen LogP contribution in [0.5, 0.6) is 0 Å². The van der Waals surface area contributed by atoms with Crippen molar-refractivity contribution >= 4 is 29.0 Å². The average Bonchev–Trinajstić information content (AvgIpc) is 2.57. The van der Waals surface area contributed by atoms with Crippen molar-refractivity contribution in [3.05, 3.63) is 29.0 Å². The molecule has 3 nitrogen and oxygen atoms in total. The second-order valence-electron chi connectivity index (χ2n) is 2.63. The van der Waals surface area contributed by atoms with Crippen molar-refractivity contribution in [3.63, 3.8) is 0 Å². The van der Waals surface area contributed by atoms with Crippen LogP contribution in [0.1, 0.15) is 5.69 Å². The predicted molar refractivity (Wildman–Crippen MR) is 56.7 cm³/mol. The van der Waals surface area contributed by atoms with E-state index in [0.29, 0.717) is 21.4 Å². The summed E-state index contributed by atoms with van der Waals surface area (Å²) in [7, 11) is 0. The topological polar surface area (TPSA) is 41.1 Å². The van der Waals surface area contributed by atoms with Gasteiger partial charge >= 0.3 is 0 Å². The molecule has 0 fully saturated rings. The number of hydrogen-bond acceptors (Lipinski definition) is 3. The molecular formula is C9H6ClN3S. The number of imidazole rings is 1. The van der Waals surface area contributed by atoms with Crippen LogP contribution >= 0.6 is 23.4 Å². The first-order valence-corrected chi connectivity index (χ1v) is 5.49. The van der Waals surface area contributed by atoms with Gasteiger partial charge in [0.1, 0.15) is 11.1 Å². The largest absolute Gasteiger partial charge is 0.289 e. The number of pyridine rings is 1. The molecule has 0 atom stereocenters. The molecule has 2 rings (SSSR count). The third kappa shape index (κ3) is 1.26. The fourth-order valence-corrected chi connectivity index (χ4v) is 1.98. The molecular weight excluding hydrogens is 218 g/mol. The molecule has 14 heavy (non-hydrogen) atoms. The summed E-state index contributed by atoms with van der Waals surface area (Å²) in [5.74, 6) is 0. The quantitative estimate of drug-likeness (QED) is 0.698. The fourth-order valence-electron chi connectivity index (χ4n) is 1.26.